The number of rotatable bonds is 25. The fraction of sp³-hybridized carbons (Fsp3) is 0.638. The molecule has 14 heteroatoms. The number of benzene rings is 2. The van der Waals surface area contributed by atoms with Crippen LogP contribution in [0.25, 0.3) is 0 Å². The summed E-state index contributed by atoms with van der Waals surface area (Å²) in [5.74, 6) is -0.304. The molecule has 0 bridgehead atoms. The Labute approximate surface area is 369 Å². The fourth-order valence-electron chi connectivity index (χ4n) is 8.32. The molecule has 0 aliphatic carbocycles. The minimum atomic E-state index is -0.768. The molecule has 2 aromatic rings. The van der Waals surface area contributed by atoms with Crippen molar-refractivity contribution >= 4 is 41.5 Å². The summed E-state index contributed by atoms with van der Waals surface area (Å²) >= 11 is 1.56. The summed E-state index contributed by atoms with van der Waals surface area (Å²) in [5.41, 5.74) is 2.02. The number of carbonyl (C=O) groups is 5. The van der Waals surface area contributed by atoms with Crippen molar-refractivity contribution < 1.29 is 33.4 Å². The summed E-state index contributed by atoms with van der Waals surface area (Å²) in [6, 6.07) is 17.5. The van der Waals surface area contributed by atoms with E-state index in [-0.39, 0.29) is 60.5 Å². The second kappa shape index (κ2) is 26.4. The van der Waals surface area contributed by atoms with E-state index in [9.17, 15) is 24.0 Å². The Morgan fingerprint density at radius 1 is 0.852 bits per heavy atom. The number of likely N-dealkylation sites (tertiary alicyclic amines) is 1. The highest BCUT2D eigenvalue weighted by molar-refractivity contribution is 7.99. The third-order valence-corrected chi connectivity index (χ3v) is 12.9. The number of amides is 5. The maximum Gasteiger partial charge on any atom is 0.407 e. The van der Waals surface area contributed by atoms with Gasteiger partial charge in [0.05, 0.1) is 30.5 Å². The van der Waals surface area contributed by atoms with Crippen LogP contribution in [-0.4, -0.2) is 134 Å². The Bertz CT molecular complexity index is 1640. The van der Waals surface area contributed by atoms with Crippen molar-refractivity contribution in [3.05, 3.63) is 71.8 Å². The Hall–Kier alpha value is -4.14. The summed E-state index contributed by atoms with van der Waals surface area (Å²) < 4.78 is 11.4. The SMILES string of the molecule is CCC(C)C(C(CC(=O)N1CCCC1C(CSCCNC(=O)OCc1ccccc1)C(=O)NCCc1ccccc1)OC)N(C)C(=O)C(NC(=O)C(C(C)C)N(C)C)C(C)C. The van der Waals surface area contributed by atoms with Crippen LogP contribution in [0.5, 0.6) is 0 Å². The van der Waals surface area contributed by atoms with Gasteiger partial charge in [-0.1, -0.05) is 109 Å². The van der Waals surface area contributed by atoms with Gasteiger partial charge in [-0.3, -0.25) is 24.1 Å². The maximum atomic E-state index is 14.4. The first-order chi connectivity index (χ1) is 29.1. The van der Waals surface area contributed by atoms with Crippen LogP contribution in [0.2, 0.25) is 0 Å². The molecule has 1 aliphatic heterocycles. The molecular weight excluding hydrogens is 793 g/mol. The van der Waals surface area contributed by atoms with Crippen LogP contribution in [0.1, 0.15) is 78.4 Å². The van der Waals surface area contributed by atoms with Crippen molar-refractivity contribution in [2.24, 2.45) is 23.7 Å². The second-order valence-electron chi connectivity index (χ2n) is 17.2. The number of nitrogens with one attached hydrogen (secondary N) is 3. The molecule has 7 atom stereocenters. The lowest BCUT2D eigenvalue weighted by Gasteiger charge is -2.41. The average Bonchev–Trinajstić information content (AvgIpc) is 3.72. The van der Waals surface area contributed by atoms with Gasteiger partial charge in [0, 0.05) is 51.3 Å². The van der Waals surface area contributed by atoms with Crippen molar-refractivity contribution in [3.8, 4) is 0 Å². The lowest BCUT2D eigenvalue weighted by molar-refractivity contribution is -0.146. The van der Waals surface area contributed by atoms with Crippen molar-refractivity contribution in [2.75, 3.05) is 59.4 Å². The van der Waals surface area contributed by atoms with E-state index in [0.717, 1.165) is 24.0 Å². The van der Waals surface area contributed by atoms with E-state index < -0.39 is 36.2 Å². The topological polar surface area (TPSA) is 150 Å². The molecule has 340 valence electrons. The Morgan fingerprint density at radius 2 is 1.49 bits per heavy atom. The molecule has 3 rings (SSSR count). The number of nitrogens with zero attached hydrogens (tertiary/aromatic N) is 3. The second-order valence-corrected chi connectivity index (χ2v) is 18.3. The summed E-state index contributed by atoms with van der Waals surface area (Å²) in [5, 5.41) is 9.00. The van der Waals surface area contributed by atoms with Crippen LogP contribution in [0.4, 0.5) is 4.79 Å². The lowest BCUT2D eigenvalue weighted by atomic mass is 9.89. The first-order valence-electron chi connectivity index (χ1n) is 22.0. The van der Waals surface area contributed by atoms with Gasteiger partial charge in [-0.15, -0.1) is 0 Å². The zero-order chi connectivity index (χ0) is 45.1. The van der Waals surface area contributed by atoms with E-state index in [4.69, 9.17) is 9.47 Å². The van der Waals surface area contributed by atoms with Gasteiger partial charge >= 0.3 is 6.09 Å². The molecular formula is C47H74N6O7S. The molecule has 7 unspecified atom stereocenters. The molecule has 0 radical (unpaired) electrons. The number of ether oxygens (including phenoxy) is 2. The molecule has 1 fully saturated rings. The monoisotopic (exact) mass is 867 g/mol. The lowest BCUT2D eigenvalue weighted by Crippen LogP contribution is -2.59. The van der Waals surface area contributed by atoms with Crippen LogP contribution < -0.4 is 16.0 Å². The van der Waals surface area contributed by atoms with Crippen molar-refractivity contribution in [1.29, 1.82) is 0 Å². The maximum absolute atomic E-state index is 14.4. The highest BCUT2D eigenvalue weighted by Crippen LogP contribution is 2.30. The standard InChI is InChI=1S/C47H74N6O7S/c1-11-34(6)43(52(9)46(57)41(32(2)3)50-45(56)42(33(4)5)51(7)8)39(59-10)29-40(54)53-27-18-23-38(53)37(44(55)48-25-24-35-19-14-12-15-20-35)31-61-28-26-49-47(58)60-30-36-21-16-13-17-22-36/h12-17,19-22,32-34,37-39,41-43H,11,18,23-31H2,1-10H3,(H,48,55)(H,49,58)(H,50,56). The number of methoxy groups -OCH3 is 1. The molecule has 1 saturated heterocycles. The van der Waals surface area contributed by atoms with Crippen LogP contribution in [0.15, 0.2) is 60.7 Å². The number of thioether (sulfide) groups is 1. The highest BCUT2D eigenvalue weighted by atomic mass is 32.2. The molecule has 13 nitrogen and oxygen atoms in total. The molecule has 5 amide bonds. The molecule has 0 saturated carbocycles. The minimum absolute atomic E-state index is 0.0267. The summed E-state index contributed by atoms with van der Waals surface area (Å²) in [6.07, 6.45) is 1.75. The zero-order valence-corrected chi connectivity index (χ0v) is 39.2. The van der Waals surface area contributed by atoms with E-state index in [1.165, 1.54) is 0 Å². The third-order valence-electron chi connectivity index (χ3n) is 11.8. The number of hydrogen-bond acceptors (Lipinski definition) is 9. The Morgan fingerprint density at radius 3 is 2.07 bits per heavy atom. The number of hydrogen-bond donors (Lipinski definition) is 3. The molecule has 1 aliphatic rings. The fourth-order valence-corrected chi connectivity index (χ4v) is 9.36. The number of alkyl carbamates (subject to hydrolysis) is 1. The average molecular weight is 867 g/mol. The Balaban J connectivity index is 1.75. The predicted octanol–water partition coefficient (Wildman–Crippen LogP) is 5.62. The molecule has 61 heavy (non-hydrogen) atoms. The third kappa shape index (κ3) is 15.9. The predicted molar refractivity (Wildman–Crippen MR) is 244 cm³/mol. The van der Waals surface area contributed by atoms with E-state index in [2.05, 4.69) is 29.8 Å². The molecule has 0 aromatic heterocycles. The summed E-state index contributed by atoms with van der Waals surface area (Å²) in [7, 11) is 7.04. The van der Waals surface area contributed by atoms with Gasteiger partial charge < -0.3 is 35.2 Å². The van der Waals surface area contributed by atoms with Gasteiger partial charge in [0.25, 0.3) is 0 Å². The quantitative estimate of drug-likeness (QED) is 0.108. The van der Waals surface area contributed by atoms with Gasteiger partial charge in [0.15, 0.2) is 0 Å². The molecule has 3 N–H and O–H groups in total. The van der Waals surface area contributed by atoms with Gasteiger partial charge in [0.1, 0.15) is 12.6 Å². The molecule has 1 heterocycles. The zero-order valence-electron chi connectivity index (χ0n) is 38.4. The molecule has 2 aromatic carbocycles. The van der Waals surface area contributed by atoms with Gasteiger partial charge in [0.2, 0.25) is 23.6 Å². The first kappa shape index (κ1) is 51.2. The normalized spacial score (nSPS) is 17.0. The molecule has 0 spiro atoms. The van der Waals surface area contributed by atoms with Crippen LogP contribution in [0.3, 0.4) is 0 Å². The summed E-state index contributed by atoms with van der Waals surface area (Å²) in [4.78, 5) is 74.1. The van der Waals surface area contributed by atoms with E-state index in [0.29, 0.717) is 44.0 Å². The van der Waals surface area contributed by atoms with Gasteiger partial charge in [-0.25, -0.2) is 4.79 Å². The van der Waals surface area contributed by atoms with E-state index in [1.54, 1.807) is 30.8 Å². The number of likely N-dealkylation sites (N-methyl/N-ethyl adjacent to an activating group) is 2. The van der Waals surface area contributed by atoms with E-state index >= 15 is 0 Å². The van der Waals surface area contributed by atoms with Crippen molar-refractivity contribution in [3.63, 3.8) is 0 Å². The van der Waals surface area contributed by atoms with Crippen molar-refractivity contribution in [1.82, 2.24) is 30.7 Å². The summed E-state index contributed by atoms with van der Waals surface area (Å²) in [6.45, 7) is 13.4. The van der Waals surface area contributed by atoms with Crippen LogP contribution >= 0.6 is 11.8 Å². The van der Waals surface area contributed by atoms with Crippen LogP contribution in [-0.2, 0) is 41.7 Å². The Kier molecular flexibility index (Phi) is 22.1. The minimum Gasteiger partial charge on any atom is -0.445 e. The largest absolute Gasteiger partial charge is 0.445 e. The van der Waals surface area contributed by atoms with Crippen molar-refractivity contribution in [2.45, 2.75) is 111 Å². The van der Waals surface area contributed by atoms with E-state index in [1.807, 2.05) is 112 Å². The van der Waals surface area contributed by atoms with Gasteiger partial charge in [-0.2, -0.15) is 11.8 Å². The van der Waals surface area contributed by atoms with Crippen LogP contribution in [0, 0.1) is 23.7 Å². The first-order valence-corrected chi connectivity index (χ1v) is 23.2. The number of carbonyl (C=O) groups excluding carboxylic acids is 5. The van der Waals surface area contributed by atoms with Gasteiger partial charge in [-0.05, 0) is 62.2 Å². The smallest absolute Gasteiger partial charge is 0.407 e. The highest BCUT2D eigenvalue weighted by Gasteiger charge is 2.42.